The number of halogens is 1. The summed E-state index contributed by atoms with van der Waals surface area (Å²) in [5, 5.41) is 6.74. The fraction of sp³-hybridized carbons (Fsp3) is 0.111. The number of furan rings is 1. The zero-order chi connectivity index (χ0) is 10.8. The van der Waals surface area contributed by atoms with Crippen LogP contribution in [0.15, 0.2) is 28.8 Å². The molecule has 2 heterocycles. The maximum absolute atomic E-state index is 11.5. The van der Waals surface area contributed by atoms with E-state index in [9.17, 15) is 4.79 Å². The lowest BCUT2D eigenvalue weighted by Crippen LogP contribution is -2.11. The maximum Gasteiger partial charge on any atom is 0.292 e. The number of nitrogens with zero attached hydrogens (tertiary/aromatic N) is 2. The number of nitrogens with one attached hydrogen (secondary N) is 1. The molecule has 0 aliphatic carbocycles. The summed E-state index contributed by atoms with van der Waals surface area (Å²) in [5.41, 5.74) is 0. The fourth-order valence-corrected chi connectivity index (χ4v) is 1.24. The third-order valence-corrected chi connectivity index (χ3v) is 1.96. The van der Waals surface area contributed by atoms with Crippen molar-refractivity contribution in [1.29, 1.82) is 0 Å². The Morgan fingerprint density at radius 1 is 1.53 bits per heavy atom. The molecule has 2 rings (SSSR count). The van der Waals surface area contributed by atoms with E-state index in [0.29, 0.717) is 5.82 Å². The second-order valence-corrected chi connectivity index (χ2v) is 3.31. The molecule has 1 N–H and O–H groups in total. The van der Waals surface area contributed by atoms with Crippen molar-refractivity contribution in [3.63, 3.8) is 0 Å². The van der Waals surface area contributed by atoms with Crippen molar-refractivity contribution in [2.75, 3.05) is 5.32 Å². The Morgan fingerprint density at radius 3 is 2.87 bits per heavy atom. The van der Waals surface area contributed by atoms with Crippen molar-refractivity contribution in [2.24, 2.45) is 7.05 Å². The van der Waals surface area contributed by atoms with Crippen LogP contribution in [0.3, 0.4) is 0 Å². The lowest BCUT2D eigenvalue weighted by molar-refractivity contribution is 0.0996. The van der Waals surface area contributed by atoms with Crippen LogP contribution in [0.2, 0.25) is 5.22 Å². The van der Waals surface area contributed by atoms with Crippen molar-refractivity contribution < 1.29 is 9.21 Å². The second kappa shape index (κ2) is 3.78. The lowest BCUT2D eigenvalue weighted by atomic mass is 10.4. The lowest BCUT2D eigenvalue weighted by Gasteiger charge is -1.97. The minimum absolute atomic E-state index is 0.158. The summed E-state index contributed by atoms with van der Waals surface area (Å²) in [6, 6.07) is 4.69. The number of amides is 1. The molecule has 0 unspecified atom stereocenters. The monoisotopic (exact) mass is 225 g/mol. The molecule has 0 radical (unpaired) electrons. The van der Waals surface area contributed by atoms with Gasteiger partial charge >= 0.3 is 0 Å². The van der Waals surface area contributed by atoms with Crippen LogP contribution < -0.4 is 5.32 Å². The zero-order valence-electron chi connectivity index (χ0n) is 7.90. The van der Waals surface area contributed by atoms with E-state index in [1.807, 2.05) is 0 Å². The summed E-state index contributed by atoms with van der Waals surface area (Å²) in [7, 11) is 1.76. The van der Waals surface area contributed by atoms with Crippen LogP contribution in [0.5, 0.6) is 0 Å². The first-order valence-corrected chi connectivity index (χ1v) is 4.59. The standard InChI is InChI=1S/C9H8ClN3O2/c1-13-5-4-8(12-13)11-9(14)6-2-3-7(10)15-6/h2-5H,1H3,(H,11,12,14). The van der Waals surface area contributed by atoms with Crippen molar-refractivity contribution in [3.8, 4) is 0 Å². The number of carbonyl (C=O) groups is 1. The van der Waals surface area contributed by atoms with E-state index in [-0.39, 0.29) is 16.9 Å². The van der Waals surface area contributed by atoms with Crippen molar-refractivity contribution in [2.45, 2.75) is 0 Å². The first-order chi connectivity index (χ1) is 7.15. The van der Waals surface area contributed by atoms with Crippen LogP contribution in [0.25, 0.3) is 0 Å². The van der Waals surface area contributed by atoms with Gasteiger partial charge in [0.15, 0.2) is 16.8 Å². The molecule has 6 heteroatoms. The minimum atomic E-state index is -0.374. The van der Waals surface area contributed by atoms with Gasteiger partial charge in [-0.15, -0.1) is 0 Å². The Morgan fingerprint density at radius 2 is 2.33 bits per heavy atom. The minimum Gasteiger partial charge on any atom is -0.440 e. The molecule has 0 aliphatic heterocycles. The zero-order valence-corrected chi connectivity index (χ0v) is 8.65. The highest BCUT2D eigenvalue weighted by Gasteiger charge is 2.11. The van der Waals surface area contributed by atoms with Gasteiger partial charge in [-0.25, -0.2) is 0 Å². The molecular weight excluding hydrogens is 218 g/mol. The highest BCUT2D eigenvalue weighted by molar-refractivity contribution is 6.29. The number of hydrogen-bond donors (Lipinski definition) is 1. The van der Waals surface area contributed by atoms with Crippen molar-refractivity contribution in [3.05, 3.63) is 35.4 Å². The number of carbonyl (C=O) groups excluding carboxylic acids is 1. The largest absolute Gasteiger partial charge is 0.440 e. The summed E-state index contributed by atoms with van der Waals surface area (Å²) < 4.78 is 6.53. The summed E-state index contributed by atoms with van der Waals surface area (Å²) in [4.78, 5) is 11.5. The number of aromatic nitrogens is 2. The van der Waals surface area contributed by atoms with Gasteiger partial charge in [0, 0.05) is 19.3 Å². The van der Waals surface area contributed by atoms with Gasteiger partial charge in [0.2, 0.25) is 0 Å². The quantitative estimate of drug-likeness (QED) is 0.850. The number of aryl methyl sites for hydroxylation is 1. The van der Waals surface area contributed by atoms with Crippen LogP contribution >= 0.6 is 11.6 Å². The maximum atomic E-state index is 11.5. The first kappa shape index (κ1) is 9.79. The molecule has 0 saturated carbocycles. The molecule has 0 aromatic carbocycles. The molecule has 0 spiro atoms. The van der Waals surface area contributed by atoms with Gasteiger partial charge in [-0.3, -0.25) is 9.48 Å². The van der Waals surface area contributed by atoms with Crippen molar-refractivity contribution in [1.82, 2.24) is 9.78 Å². The van der Waals surface area contributed by atoms with Gasteiger partial charge in [-0.1, -0.05) is 0 Å². The van der Waals surface area contributed by atoms with Gasteiger partial charge < -0.3 is 9.73 Å². The number of rotatable bonds is 2. The van der Waals surface area contributed by atoms with E-state index >= 15 is 0 Å². The predicted molar refractivity (Wildman–Crippen MR) is 54.9 cm³/mol. The molecular formula is C9H8ClN3O2. The Labute approximate surface area is 90.6 Å². The molecule has 15 heavy (non-hydrogen) atoms. The fourth-order valence-electron chi connectivity index (χ4n) is 1.10. The van der Waals surface area contributed by atoms with Gasteiger partial charge in [-0.2, -0.15) is 5.10 Å². The topological polar surface area (TPSA) is 60.1 Å². The Balaban J connectivity index is 2.10. The van der Waals surface area contributed by atoms with E-state index in [0.717, 1.165) is 0 Å². The van der Waals surface area contributed by atoms with Crippen LogP contribution in [-0.4, -0.2) is 15.7 Å². The van der Waals surface area contributed by atoms with Crippen LogP contribution in [0.1, 0.15) is 10.6 Å². The Kier molecular flexibility index (Phi) is 2.47. The summed E-state index contributed by atoms with van der Waals surface area (Å²) in [5.74, 6) is 0.251. The smallest absolute Gasteiger partial charge is 0.292 e. The number of anilines is 1. The van der Waals surface area contributed by atoms with E-state index in [2.05, 4.69) is 10.4 Å². The Hall–Kier alpha value is -1.75. The molecule has 1 amide bonds. The SMILES string of the molecule is Cn1ccc(NC(=O)c2ccc(Cl)o2)n1. The molecule has 0 atom stereocenters. The van der Waals surface area contributed by atoms with Gasteiger partial charge in [0.25, 0.3) is 5.91 Å². The third-order valence-electron chi connectivity index (χ3n) is 1.75. The van der Waals surface area contributed by atoms with Gasteiger partial charge in [0.1, 0.15) is 0 Å². The van der Waals surface area contributed by atoms with Gasteiger partial charge in [0.05, 0.1) is 0 Å². The normalized spacial score (nSPS) is 10.3. The highest BCUT2D eigenvalue weighted by Crippen LogP contribution is 2.14. The molecule has 0 bridgehead atoms. The Bertz CT molecular complexity index is 489. The molecule has 5 nitrogen and oxygen atoms in total. The highest BCUT2D eigenvalue weighted by atomic mass is 35.5. The third kappa shape index (κ3) is 2.19. The van der Waals surface area contributed by atoms with Crippen LogP contribution in [0.4, 0.5) is 5.82 Å². The molecule has 0 aliphatic rings. The van der Waals surface area contributed by atoms with Crippen LogP contribution in [-0.2, 0) is 7.05 Å². The van der Waals surface area contributed by atoms with E-state index in [1.54, 1.807) is 24.0 Å². The molecule has 78 valence electrons. The number of hydrogen-bond acceptors (Lipinski definition) is 3. The summed E-state index contributed by atoms with van der Waals surface area (Å²) >= 11 is 5.55. The first-order valence-electron chi connectivity index (χ1n) is 4.21. The molecule has 0 saturated heterocycles. The predicted octanol–water partition coefficient (Wildman–Crippen LogP) is 1.92. The molecule has 0 fully saturated rings. The van der Waals surface area contributed by atoms with Crippen LogP contribution in [0, 0.1) is 0 Å². The van der Waals surface area contributed by atoms with E-state index in [1.165, 1.54) is 12.1 Å². The van der Waals surface area contributed by atoms with Gasteiger partial charge in [-0.05, 0) is 23.7 Å². The average Bonchev–Trinajstić information content (AvgIpc) is 2.75. The molecule has 2 aromatic rings. The van der Waals surface area contributed by atoms with E-state index in [4.69, 9.17) is 16.0 Å². The summed E-state index contributed by atoms with van der Waals surface area (Å²) in [6.07, 6.45) is 1.73. The molecule has 2 aromatic heterocycles. The summed E-state index contributed by atoms with van der Waals surface area (Å²) in [6.45, 7) is 0. The second-order valence-electron chi connectivity index (χ2n) is 2.93. The van der Waals surface area contributed by atoms with Crippen molar-refractivity contribution >= 4 is 23.3 Å². The average molecular weight is 226 g/mol. The van der Waals surface area contributed by atoms with E-state index < -0.39 is 0 Å².